The van der Waals surface area contributed by atoms with Crippen LogP contribution in [0.25, 0.3) is 22.4 Å². The minimum Gasteiger partial charge on any atom is -0.861 e. The third kappa shape index (κ3) is 5.19. The molecule has 4 rings (SSSR count). The molecule has 2 heterocycles. The van der Waals surface area contributed by atoms with Crippen LogP contribution in [-0.4, -0.2) is 36.0 Å². The van der Waals surface area contributed by atoms with Gasteiger partial charge in [0.05, 0.1) is 30.1 Å². The Morgan fingerprint density at radius 1 is 1.12 bits per heavy atom. The van der Waals surface area contributed by atoms with Gasteiger partial charge in [0.25, 0.3) is 6.20 Å². The number of aliphatic imine (C=N–C) groups is 1. The number of pyridine rings is 1. The second-order valence-electron chi connectivity index (χ2n) is 7.18. The molecule has 33 heavy (non-hydrogen) atoms. The van der Waals surface area contributed by atoms with Crippen LogP contribution in [0.1, 0.15) is 5.56 Å². The van der Waals surface area contributed by atoms with Crippen molar-refractivity contribution in [3.63, 3.8) is 0 Å². The predicted octanol–water partition coefficient (Wildman–Crippen LogP) is 2.94. The zero-order valence-corrected chi connectivity index (χ0v) is 18.9. The monoisotopic (exact) mass is 456 g/mol. The van der Waals surface area contributed by atoms with E-state index in [2.05, 4.69) is 16.3 Å². The second-order valence-corrected chi connectivity index (χ2v) is 8.15. The molecule has 164 valence electrons. The molecule has 4 aromatic rings. The van der Waals surface area contributed by atoms with E-state index in [1.165, 1.54) is 22.7 Å². The van der Waals surface area contributed by atoms with Gasteiger partial charge in [0.1, 0.15) is 11.1 Å². The largest absolute Gasteiger partial charge is 0.861 e. The second kappa shape index (κ2) is 9.97. The van der Waals surface area contributed by atoms with E-state index in [9.17, 15) is 10.4 Å². The summed E-state index contributed by atoms with van der Waals surface area (Å²) in [6.07, 6.45) is 1.51. The lowest BCUT2D eigenvalue weighted by atomic mass is 9.99. The SMILES string of the molecule is CN(C)[n+]1cc(/N=C(/[O-])CSc2nc(-c3ccccc3)cc(-c3ccccc3)c2C#N)on1. The summed E-state index contributed by atoms with van der Waals surface area (Å²) in [7, 11) is 3.56. The Morgan fingerprint density at radius 2 is 1.79 bits per heavy atom. The first kappa shape index (κ1) is 22.0. The molecule has 0 aliphatic rings. The van der Waals surface area contributed by atoms with Gasteiger partial charge < -0.3 is 5.11 Å². The van der Waals surface area contributed by atoms with E-state index in [0.29, 0.717) is 10.6 Å². The van der Waals surface area contributed by atoms with Gasteiger partial charge >= 0.3 is 5.88 Å². The summed E-state index contributed by atoms with van der Waals surface area (Å²) in [6, 6.07) is 23.6. The molecule has 0 radical (unpaired) electrons. The van der Waals surface area contributed by atoms with Crippen molar-refractivity contribution < 1.29 is 14.4 Å². The lowest BCUT2D eigenvalue weighted by molar-refractivity contribution is -0.753. The fourth-order valence-electron chi connectivity index (χ4n) is 3.09. The van der Waals surface area contributed by atoms with E-state index in [4.69, 9.17) is 9.51 Å². The Hall–Kier alpha value is -4.16. The Morgan fingerprint density at radius 3 is 2.39 bits per heavy atom. The normalized spacial score (nSPS) is 11.2. The van der Waals surface area contributed by atoms with E-state index in [-0.39, 0.29) is 11.6 Å². The highest BCUT2D eigenvalue weighted by Gasteiger charge is 2.16. The molecule has 0 spiro atoms. The van der Waals surface area contributed by atoms with Crippen molar-refractivity contribution in [3.8, 4) is 28.5 Å². The number of rotatable bonds is 7. The van der Waals surface area contributed by atoms with E-state index in [1.807, 2.05) is 66.7 Å². The van der Waals surface area contributed by atoms with Crippen molar-refractivity contribution >= 4 is 23.5 Å². The summed E-state index contributed by atoms with van der Waals surface area (Å²) in [5.41, 5.74) is 3.74. The highest BCUT2D eigenvalue weighted by molar-refractivity contribution is 7.99. The number of benzene rings is 2. The first-order valence-electron chi connectivity index (χ1n) is 10.0. The van der Waals surface area contributed by atoms with Gasteiger partial charge in [-0.05, 0) is 17.5 Å². The van der Waals surface area contributed by atoms with Gasteiger partial charge in [0, 0.05) is 16.9 Å². The van der Waals surface area contributed by atoms with Crippen LogP contribution < -0.4 is 14.9 Å². The first-order chi connectivity index (χ1) is 16.0. The van der Waals surface area contributed by atoms with Crippen LogP contribution in [0.5, 0.6) is 0 Å². The molecular formula is C24H20N6O2S. The minimum absolute atomic E-state index is 0.00316. The van der Waals surface area contributed by atoms with Crippen LogP contribution in [0.4, 0.5) is 5.88 Å². The molecule has 0 saturated carbocycles. The number of nitrogens with zero attached hydrogens (tertiary/aromatic N) is 6. The van der Waals surface area contributed by atoms with Crippen molar-refractivity contribution in [2.45, 2.75) is 5.03 Å². The van der Waals surface area contributed by atoms with Gasteiger partial charge in [-0.3, -0.25) is 4.52 Å². The van der Waals surface area contributed by atoms with E-state index < -0.39 is 5.90 Å². The molecule has 0 amide bonds. The van der Waals surface area contributed by atoms with Crippen LogP contribution >= 0.6 is 11.8 Å². The molecule has 2 aromatic heterocycles. The standard InChI is InChI=1S/C24H20N6O2S/c1-29(2)30-15-23(32-28-30)27-22(31)16-33-24-20(14-25)19(17-9-5-3-6-10-17)13-21(26-24)18-11-7-4-8-12-18/h3-13,15H,16H2,1-2H3. The molecule has 0 atom stereocenters. The minimum atomic E-state index is -0.417. The first-order valence-corrected chi connectivity index (χ1v) is 11.0. The van der Waals surface area contributed by atoms with Crippen LogP contribution in [0.15, 0.2) is 87.5 Å². The zero-order chi connectivity index (χ0) is 23.2. The lowest BCUT2D eigenvalue weighted by Crippen LogP contribution is -2.53. The van der Waals surface area contributed by atoms with Gasteiger partial charge in [0.2, 0.25) is 5.27 Å². The number of aromatic nitrogens is 3. The van der Waals surface area contributed by atoms with Crippen molar-refractivity contribution in [2.24, 2.45) is 4.99 Å². The molecule has 9 heteroatoms. The summed E-state index contributed by atoms with van der Waals surface area (Å²) in [5.74, 6) is -0.318. The van der Waals surface area contributed by atoms with Crippen molar-refractivity contribution in [1.82, 2.24) is 10.3 Å². The van der Waals surface area contributed by atoms with Crippen LogP contribution in [0.2, 0.25) is 0 Å². The van der Waals surface area contributed by atoms with Crippen LogP contribution in [-0.2, 0) is 0 Å². The highest BCUT2D eigenvalue weighted by Crippen LogP contribution is 2.34. The average molecular weight is 457 g/mol. The van der Waals surface area contributed by atoms with Gasteiger partial charge in [-0.15, -0.1) is 0 Å². The fourth-order valence-corrected chi connectivity index (χ4v) is 3.88. The van der Waals surface area contributed by atoms with Crippen LogP contribution in [0.3, 0.4) is 0 Å². The number of hydrogen-bond acceptors (Lipinski definition) is 8. The molecule has 2 aromatic carbocycles. The number of nitriles is 1. The summed E-state index contributed by atoms with van der Waals surface area (Å²) >= 11 is 1.17. The smallest absolute Gasteiger partial charge is 0.324 e. The van der Waals surface area contributed by atoms with E-state index >= 15 is 0 Å². The summed E-state index contributed by atoms with van der Waals surface area (Å²) in [4.78, 5) is 10.1. The molecule has 0 bridgehead atoms. The molecule has 0 N–H and O–H groups in total. The third-order valence-electron chi connectivity index (χ3n) is 4.67. The topological polar surface area (TPSA) is 105 Å². The fraction of sp³-hybridized carbons (Fsp3) is 0.125. The summed E-state index contributed by atoms with van der Waals surface area (Å²) in [5, 5.41) is 28.3. The zero-order valence-electron chi connectivity index (χ0n) is 18.0. The van der Waals surface area contributed by atoms with Crippen molar-refractivity contribution in [2.75, 3.05) is 24.9 Å². The Kier molecular flexibility index (Phi) is 6.66. The number of hydrogen-bond donors (Lipinski definition) is 0. The molecule has 0 saturated heterocycles. The average Bonchev–Trinajstić information content (AvgIpc) is 3.32. The molecule has 0 fully saturated rings. The highest BCUT2D eigenvalue weighted by atomic mass is 32.2. The van der Waals surface area contributed by atoms with Gasteiger partial charge in [-0.1, -0.05) is 72.4 Å². The molecule has 8 nitrogen and oxygen atoms in total. The van der Waals surface area contributed by atoms with Gasteiger partial charge in [-0.2, -0.15) is 10.3 Å². The summed E-state index contributed by atoms with van der Waals surface area (Å²) < 4.78 is 5.05. The quantitative estimate of drug-likeness (QED) is 0.182. The van der Waals surface area contributed by atoms with Crippen molar-refractivity contribution in [1.29, 1.82) is 5.26 Å². The van der Waals surface area contributed by atoms with Gasteiger partial charge in [-0.25, -0.2) is 9.98 Å². The maximum Gasteiger partial charge on any atom is 0.324 e. The Balaban J connectivity index is 1.69. The van der Waals surface area contributed by atoms with Crippen LogP contribution in [0, 0.1) is 11.3 Å². The molecule has 0 aliphatic carbocycles. The summed E-state index contributed by atoms with van der Waals surface area (Å²) in [6.45, 7) is 0. The lowest BCUT2D eigenvalue weighted by Gasteiger charge is -2.14. The Bertz CT molecular complexity index is 1310. The van der Waals surface area contributed by atoms with E-state index in [1.54, 1.807) is 19.1 Å². The maximum absolute atomic E-state index is 12.5. The predicted molar refractivity (Wildman–Crippen MR) is 124 cm³/mol. The number of thioether (sulfide) groups is 1. The Labute approximate surface area is 195 Å². The van der Waals surface area contributed by atoms with Gasteiger partial charge in [0.15, 0.2) is 0 Å². The molecule has 0 unspecified atom stereocenters. The molecular weight excluding hydrogens is 436 g/mol. The van der Waals surface area contributed by atoms with Crippen molar-refractivity contribution in [3.05, 3.63) is 78.5 Å². The van der Waals surface area contributed by atoms with E-state index in [0.717, 1.165) is 22.4 Å². The third-order valence-corrected chi connectivity index (χ3v) is 5.63. The molecule has 0 aliphatic heterocycles. The maximum atomic E-state index is 12.5.